The molecule has 2 unspecified atom stereocenters. The molecule has 1 fully saturated rings. The molecule has 2 atom stereocenters. The first-order chi connectivity index (χ1) is 18.8. The maximum Gasteiger partial charge on any atom is 0.159 e. The van der Waals surface area contributed by atoms with Crippen LogP contribution in [0.5, 0.6) is 5.75 Å². The van der Waals surface area contributed by atoms with E-state index in [9.17, 15) is 0 Å². The molecule has 0 bridgehead atoms. The summed E-state index contributed by atoms with van der Waals surface area (Å²) in [6.07, 6.45) is 31.3. The van der Waals surface area contributed by atoms with Crippen molar-refractivity contribution >= 4 is 0 Å². The third-order valence-electron chi connectivity index (χ3n) is 8.62. The molecule has 1 aromatic heterocycles. The Morgan fingerprint density at radius 2 is 1.21 bits per heavy atom. The van der Waals surface area contributed by atoms with E-state index in [4.69, 9.17) is 4.74 Å². The second kappa shape index (κ2) is 19.2. The maximum atomic E-state index is 6.12. The van der Waals surface area contributed by atoms with Gasteiger partial charge >= 0.3 is 0 Å². The van der Waals surface area contributed by atoms with Crippen LogP contribution < -0.4 is 4.74 Å². The second-order valence-electron chi connectivity index (χ2n) is 11.8. The van der Waals surface area contributed by atoms with E-state index in [2.05, 4.69) is 48.1 Å². The van der Waals surface area contributed by atoms with Gasteiger partial charge in [-0.3, -0.25) is 0 Å². The van der Waals surface area contributed by atoms with Crippen molar-refractivity contribution < 1.29 is 4.74 Å². The maximum absolute atomic E-state index is 6.12. The van der Waals surface area contributed by atoms with Crippen molar-refractivity contribution in [3.05, 3.63) is 42.2 Å². The number of hydrogen-bond acceptors (Lipinski definition) is 3. The summed E-state index contributed by atoms with van der Waals surface area (Å²) in [6, 6.07) is 8.33. The van der Waals surface area contributed by atoms with Gasteiger partial charge in [0, 0.05) is 18.0 Å². The molecule has 1 heterocycles. The van der Waals surface area contributed by atoms with Gasteiger partial charge in [0.15, 0.2) is 5.82 Å². The highest BCUT2D eigenvalue weighted by atomic mass is 16.5. The van der Waals surface area contributed by atoms with Crippen molar-refractivity contribution in [2.24, 2.45) is 11.8 Å². The monoisotopic (exact) mass is 520 g/mol. The van der Waals surface area contributed by atoms with Crippen LogP contribution in [0.1, 0.15) is 141 Å². The lowest BCUT2D eigenvalue weighted by Crippen LogP contribution is -2.20. The third kappa shape index (κ3) is 11.9. The fourth-order valence-electron chi connectivity index (χ4n) is 6.21. The summed E-state index contributed by atoms with van der Waals surface area (Å²) in [5, 5.41) is 0. The topological polar surface area (TPSA) is 35.0 Å². The predicted octanol–water partition coefficient (Wildman–Crippen LogP) is 10.8. The Morgan fingerprint density at radius 3 is 1.84 bits per heavy atom. The second-order valence-corrected chi connectivity index (χ2v) is 11.8. The quantitative estimate of drug-likeness (QED) is 0.163. The first-order valence-corrected chi connectivity index (χ1v) is 16.3. The van der Waals surface area contributed by atoms with Crippen molar-refractivity contribution in [1.29, 1.82) is 0 Å². The Balaban J connectivity index is 1.32. The largest absolute Gasteiger partial charge is 0.494 e. The molecule has 0 amide bonds. The minimum absolute atomic E-state index is 0.803. The Kier molecular flexibility index (Phi) is 15.5. The van der Waals surface area contributed by atoms with Gasteiger partial charge in [-0.25, -0.2) is 9.97 Å². The smallest absolute Gasteiger partial charge is 0.159 e. The molecule has 3 rings (SSSR count). The molecule has 1 aliphatic rings. The van der Waals surface area contributed by atoms with Crippen LogP contribution in [-0.4, -0.2) is 16.6 Å². The predicted molar refractivity (Wildman–Crippen MR) is 163 cm³/mol. The number of ether oxygens (including phenoxy) is 1. The molecule has 3 nitrogen and oxygen atoms in total. The zero-order chi connectivity index (χ0) is 26.7. The molecule has 3 heteroatoms. The highest BCUT2D eigenvalue weighted by Crippen LogP contribution is 2.36. The molecule has 0 aliphatic heterocycles. The van der Waals surface area contributed by atoms with Crippen LogP contribution in [0.25, 0.3) is 11.4 Å². The zero-order valence-corrected chi connectivity index (χ0v) is 24.8. The molecule has 1 saturated carbocycles. The van der Waals surface area contributed by atoms with Crippen LogP contribution >= 0.6 is 0 Å². The Hall–Kier alpha value is -1.90. The normalized spacial score (nSPS) is 17.5. The number of benzene rings is 1. The summed E-state index contributed by atoms with van der Waals surface area (Å²) in [5.74, 6) is 3.65. The minimum Gasteiger partial charge on any atom is -0.494 e. The van der Waals surface area contributed by atoms with Gasteiger partial charge in [0.1, 0.15) is 5.75 Å². The first kappa shape index (κ1) is 30.6. The van der Waals surface area contributed by atoms with Crippen molar-refractivity contribution in [3.8, 4) is 17.1 Å². The first-order valence-electron chi connectivity index (χ1n) is 16.3. The van der Waals surface area contributed by atoms with Crippen molar-refractivity contribution in [2.45, 2.75) is 142 Å². The minimum atomic E-state index is 0.803. The highest BCUT2D eigenvalue weighted by molar-refractivity contribution is 5.55. The van der Waals surface area contributed by atoms with Crippen LogP contribution in [0.3, 0.4) is 0 Å². The van der Waals surface area contributed by atoms with E-state index in [1.54, 1.807) is 0 Å². The molecule has 2 aromatic rings. The lowest BCUT2D eigenvalue weighted by Gasteiger charge is -2.32. The summed E-state index contributed by atoms with van der Waals surface area (Å²) in [4.78, 5) is 9.26. The number of nitrogens with zero attached hydrogens (tertiary/aromatic N) is 2. The fourth-order valence-corrected chi connectivity index (χ4v) is 6.21. The lowest BCUT2D eigenvalue weighted by molar-refractivity contribution is 0.190. The van der Waals surface area contributed by atoms with Gasteiger partial charge in [0.2, 0.25) is 0 Å². The van der Waals surface area contributed by atoms with E-state index in [1.807, 2.05) is 12.4 Å². The number of unbranched alkanes of at least 4 members (excludes halogenated alkanes) is 10. The van der Waals surface area contributed by atoms with Gasteiger partial charge in [-0.1, -0.05) is 117 Å². The van der Waals surface area contributed by atoms with Gasteiger partial charge in [0.05, 0.1) is 6.61 Å². The van der Waals surface area contributed by atoms with E-state index in [0.717, 1.165) is 42.0 Å². The van der Waals surface area contributed by atoms with Crippen molar-refractivity contribution in [3.63, 3.8) is 0 Å². The Labute approximate surface area is 234 Å². The van der Waals surface area contributed by atoms with Gasteiger partial charge in [-0.05, 0) is 67.3 Å². The van der Waals surface area contributed by atoms with Crippen LogP contribution in [0.2, 0.25) is 0 Å². The summed E-state index contributed by atoms with van der Waals surface area (Å²) < 4.78 is 6.12. The number of aryl methyl sites for hydroxylation is 1. The third-order valence-corrected chi connectivity index (χ3v) is 8.62. The average Bonchev–Trinajstić information content (AvgIpc) is 2.96. The SMILES string of the molecule is CCCCCCCCc1cnc(-c2ccc(OCCCC3CCCCC3CCCCCCCC)cc2)nc1. The molecule has 0 N–H and O–H groups in total. The fraction of sp³-hybridized carbons (Fsp3) is 0.714. The molecule has 1 aliphatic carbocycles. The standard InChI is InChI=1S/C35H56N2O/c1-3-5-7-9-11-13-18-30-28-36-35(37-29-30)33-23-25-34(26-24-33)38-27-17-22-32-21-16-15-20-31(32)19-14-12-10-8-6-4-2/h23-26,28-29,31-32H,3-22,27H2,1-2H3. The molecular formula is C35H56N2O. The zero-order valence-electron chi connectivity index (χ0n) is 24.8. The van der Waals surface area contributed by atoms with E-state index >= 15 is 0 Å². The molecular weight excluding hydrogens is 464 g/mol. The molecule has 38 heavy (non-hydrogen) atoms. The van der Waals surface area contributed by atoms with Crippen LogP contribution in [0.15, 0.2) is 36.7 Å². The van der Waals surface area contributed by atoms with Gasteiger partial charge in [-0.2, -0.15) is 0 Å². The van der Waals surface area contributed by atoms with Crippen LogP contribution in [0, 0.1) is 11.8 Å². The van der Waals surface area contributed by atoms with E-state index in [-0.39, 0.29) is 0 Å². The lowest BCUT2D eigenvalue weighted by atomic mass is 9.74. The van der Waals surface area contributed by atoms with Crippen LogP contribution in [0.4, 0.5) is 0 Å². The molecule has 0 saturated heterocycles. The molecule has 212 valence electrons. The summed E-state index contributed by atoms with van der Waals surface area (Å²) in [6.45, 7) is 5.39. The van der Waals surface area contributed by atoms with Crippen molar-refractivity contribution in [1.82, 2.24) is 9.97 Å². The molecule has 0 spiro atoms. The summed E-state index contributed by atoms with van der Waals surface area (Å²) >= 11 is 0. The number of rotatable bonds is 20. The molecule has 1 aromatic carbocycles. The summed E-state index contributed by atoms with van der Waals surface area (Å²) in [7, 11) is 0. The summed E-state index contributed by atoms with van der Waals surface area (Å²) in [5.41, 5.74) is 2.31. The average molecular weight is 521 g/mol. The van der Waals surface area contributed by atoms with E-state index in [0.29, 0.717) is 0 Å². The Bertz CT molecular complexity index is 832. The number of aromatic nitrogens is 2. The van der Waals surface area contributed by atoms with E-state index < -0.39 is 0 Å². The number of hydrogen-bond donors (Lipinski definition) is 0. The van der Waals surface area contributed by atoms with Gasteiger partial charge in [-0.15, -0.1) is 0 Å². The molecule has 0 radical (unpaired) electrons. The van der Waals surface area contributed by atoms with Gasteiger partial charge < -0.3 is 4.74 Å². The highest BCUT2D eigenvalue weighted by Gasteiger charge is 2.24. The van der Waals surface area contributed by atoms with E-state index in [1.165, 1.54) is 128 Å². The Morgan fingerprint density at radius 1 is 0.658 bits per heavy atom. The van der Waals surface area contributed by atoms with Crippen LogP contribution in [-0.2, 0) is 6.42 Å². The van der Waals surface area contributed by atoms with Gasteiger partial charge in [0.25, 0.3) is 0 Å². The van der Waals surface area contributed by atoms with Crippen molar-refractivity contribution in [2.75, 3.05) is 6.61 Å².